The number of hydrogen-bond acceptors (Lipinski definition) is 7. The summed E-state index contributed by atoms with van der Waals surface area (Å²) in [4.78, 5) is 59.6. The molecule has 3 aromatic rings. The molecule has 11 nitrogen and oxygen atoms in total. The summed E-state index contributed by atoms with van der Waals surface area (Å²) >= 11 is 0. The van der Waals surface area contributed by atoms with Gasteiger partial charge in [0.1, 0.15) is 35.6 Å². The number of carbonyl (C=O) groups is 4. The number of amides is 4. The maximum absolute atomic E-state index is 13.2. The van der Waals surface area contributed by atoms with E-state index in [9.17, 15) is 19.2 Å². The topological polar surface area (TPSA) is 151 Å². The number of rotatable bonds is 8. The van der Waals surface area contributed by atoms with Crippen molar-refractivity contribution >= 4 is 46.9 Å². The lowest BCUT2D eigenvalue weighted by Gasteiger charge is -2.17. The summed E-state index contributed by atoms with van der Waals surface area (Å²) in [6.45, 7) is 10.6. The van der Waals surface area contributed by atoms with Gasteiger partial charge in [0.2, 0.25) is 11.8 Å². The molecule has 0 aliphatic heterocycles. The van der Waals surface area contributed by atoms with Gasteiger partial charge in [-0.1, -0.05) is 59.6 Å². The molecule has 4 N–H and O–H groups in total. The zero-order valence-corrected chi connectivity index (χ0v) is 24.4. The predicted octanol–water partition coefficient (Wildman–Crippen LogP) is 4.96. The minimum Gasteiger partial charge on any atom is -0.481 e. The first-order chi connectivity index (χ1) is 19.7. The van der Waals surface area contributed by atoms with Crippen molar-refractivity contribution in [1.29, 1.82) is 0 Å². The number of nitrogens with zero attached hydrogens (tertiary/aromatic N) is 2. The highest BCUT2D eigenvalue weighted by Crippen LogP contribution is 2.22. The number of aromatic nitrogens is 2. The second kappa shape index (κ2) is 13.0. The van der Waals surface area contributed by atoms with Crippen LogP contribution in [-0.2, 0) is 9.59 Å². The van der Waals surface area contributed by atoms with Crippen LogP contribution in [0.3, 0.4) is 0 Å². The van der Waals surface area contributed by atoms with Crippen LogP contribution in [0.5, 0.6) is 5.75 Å². The highest BCUT2D eigenvalue weighted by atomic mass is 16.5. The van der Waals surface area contributed by atoms with Crippen LogP contribution in [0.4, 0.5) is 23.3 Å². The summed E-state index contributed by atoms with van der Waals surface area (Å²) in [7, 11) is 0. The van der Waals surface area contributed by atoms with Crippen molar-refractivity contribution in [2.24, 2.45) is 10.8 Å². The second-order valence-corrected chi connectivity index (χ2v) is 11.4. The SMILES string of the molecule is C#CCOc1cc(C(=O)Nc2cccc(NC(=O)C(C)(C)C)n2)cc(C(=O)Nc2cccc(NC(=O)C(C)(C)C)n2)c1. The van der Waals surface area contributed by atoms with E-state index in [-0.39, 0.29) is 58.6 Å². The predicted molar refractivity (Wildman–Crippen MR) is 161 cm³/mol. The molecular weight excluding hydrogens is 536 g/mol. The van der Waals surface area contributed by atoms with E-state index in [0.717, 1.165) is 0 Å². The van der Waals surface area contributed by atoms with Gasteiger partial charge in [-0.25, -0.2) is 9.97 Å². The minimum atomic E-state index is -0.631. The van der Waals surface area contributed by atoms with Gasteiger partial charge in [0.05, 0.1) is 0 Å². The molecule has 0 radical (unpaired) electrons. The standard InChI is InChI=1S/C31H34N6O5/c1-8-15-42-21-17-19(26(38)34-22-11-9-13-24(32-22)36-28(40)30(2,3)4)16-20(18-21)27(39)35-23-12-10-14-25(33-23)37-29(41)31(5,6)7/h1,9-14,16-18H,15H2,2-7H3,(H2,32,34,36,38,40)(H2,33,35,37,39,41). The number of pyridine rings is 2. The summed E-state index contributed by atoms with van der Waals surface area (Å²) in [5.41, 5.74) is -1.07. The van der Waals surface area contributed by atoms with Gasteiger partial charge in [-0.15, -0.1) is 6.42 Å². The monoisotopic (exact) mass is 570 g/mol. The lowest BCUT2D eigenvalue weighted by Crippen LogP contribution is -2.28. The number of hydrogen-bond donors (Lipinski definition) is 4. The molecule has 1 aromatic carbocycles. The molecule has 0 bridgehead atoms. The first-order valence-electron chi connectivity index (χ1n) is 13.1. The number of carbonyl (C=O) groups excluding carboxylic acids is 4. The molecule has 0 unspecified atom stereocenters. The Morgan fingerprint density at radius 3 is 1.43 bits per heavy atom. The van der Waals surface area contributed by atoms with Crippen molar-refractivity contribution in [3.05, 3.63) is 65.7 Å². The molecule has 2 aromatic heterocycles. The zero-order valence-electron chi connectivity index (χ0n) is 24.4. The highest BCUT2D eigenvalue weighted by molar-refractivity contribution is 6.09. The van der Waals surface area contributed by atoms with Crippen molar-refractivity contribution in [1.82, 2.24) is 9.97 Å². The van der Waals surface area contributed by atoms with Gasteiger partial charge in [0.25, 0.3) is 11.8 Å². The lowest BCUT2D eigenvalue weighted by atomic mass is 9.96. The van der Waals surface area contributed by atoms with E-state index < -0.39 is 22.6 Å². The van der Waals surface area contributed by atoms with E-state index in [1.807, 2.05) is 0 Å². The van der Waals surface area contributed by atoms with Crippen molar-refractivity contribution < 1.29 is 23.9 Å². The molecule has 3 rings (SSSR count). The van der Waals surface area contributed by atoms with Crippen LogP contribution in [0.25, 0.3) is 0 Å². The summed E-state index contributed by atoms with van der Waals surface area (Å²) in [6.07, 6.45) is 5.32. The molecule has 4 amide bonds. The maximum atomic E-state index is 13.2. The molecule has 0 atom stereocenters. The second-order valence-electron chi connectivity index (χ2n) is 11.4. The Morgan fingerprint density at radius 1 is 0.690 bits per heavy atom. The summed E-state index contributed by atoms with van der Waals surface area (Å²) in [6, 6.07) is 13.9. The molecule has 0 spiro atoms. The third-order valence-corrected chi connectivity index (χ3v) is 5.58. The van der Waals surface area contributed by atoms with Gasteiger partial charge < -0.3 is 26.0 Å². The van der Waals surface area contributed by atoms with Gasteiger partial charge >= 0.3 is 0 Å². The van der Waals surface area contributed by atoms with Crippen LogP contribution in [0.1, 0.15) is 62.3 Å². The Bertz CT molecular complexity index is 1440. The van der Waals surface area contributed by atoms with Crippen LogP contribution >= 0.6 is 0 Å². The van der Waals surface area contributed by atoms with Crippen LogP contribution in [-0.4, -0.2) is 40.2 Å². The van der Waals surface area contributed by atoms with Gasteiger partial charge in [-0.05, 0) is 42.5 Å². The van der Waals surface area contributed by atoms with E-state index in [0.29, 0.717) is 0 Å². The number of nitrogens with one attached hydrogen (secondary N) is 4. The molecule has 0 aliphatic carbocycles. The number of benzene rings is 1. The van der Waals surface area contributed by atoms with Gasteiger partial charge in [0.15, 0.2) is 0 Å². The largest absolute Gasteiger partial charge is 0.481 e. The fourth-order valence-electron chi connectivity index (χ4n) is 3.20. The van der Waals surface area contributed by atoms with Gasteiger partial charge in [0, 0.05) is 22.0 Å². The average Bonchev–Trinajstić information content (AvgIpc) is 2.91. The third-order valence-electron chi connectivity index (χ3n) is 5.58. The van der Waals surface area contributed by atoms with E-state index in [1.54, 1.807) is 77.9 Å². The van der Waals surface area contributed by atoms with E-state index >= 15 is 0 Å². The molecule has 0 saturated carbocycles. The smallest absolute Gasteiger partial charge is 0.256 e. The molecule has 0 aliphatic rings. The molecule has 11 heteroatoms. The van der Waals surface area contributed by atoms with E-state index in [2.05, 4.69) is 37.2 Å². The number of anilines is 4. The first-order valence-corrected chi connectivity index (χ1v) is 13.1. The summed E-state index contributed by atoms with van der Waals surface area (Å²) < 4.78 is 5.50. The maximum Gasteiger partial charge on any atom is 0.256 e. The molecule has 2 heterocycles. The van der Waals surface area contributed by atoms with Crippen molar-refractivity contribution in [2.75, 3.05) is 27.9 Å². The van der Waals surface area contributed by atoms with E-state index in [4.69, 9.17) is 11.2 Å². The zero-order chi connectivity index (χ0) is 31.1. The normalized spacial score (nSPS) is 11.1. The Balaban J connectivity index is 1.82. The highest BCUT2D eigenvalue weighted by Gasteiger charge is 2.23. The van der Waals surface area contributed by atoms with Crippen molar-refractivity contribution in [3.63, 3.8) is 0 Å². The Kier molecular flexibility index (Phi) is 9.65. The van der Waals surface area contributed by atoms with Crippen LogP contribution in [0, 0.1) is 23.2 Å². The Hall–Kier alpha value is -5.24. The third kappa shape index (κ3) is 8.89. The van der Waals surface area contributed by atoms with Crippen LogP contribution < -0.4 is 26.0 Å². The molecular formula is C31H34N6O5. The fourth-order valence-corrected chi connectivity index (χ4v) is 3.20. The molecule has 0 saturated heterocycles. The molecule has 42 heavy (non-hydrogen) atoms. The minimum absolute atomic E-state index is 0.0831. The van der Waals surface area contributed by atoms with E-state index in [1.165, 1.54) is 18.2 Å². The average molecular weight is 571 g/mol. The summed E-state index contributed by atoms with van der Waals surface area (Å²) in [5, 5.41) is 10.8. The van der Waals surface area contributed by atoms with Crippen molar-refractivity contribution in [3.8, 4) is 18.1 Å². The summed E-state index contributed by atoms with van der Waals surface area (Å²) in [5.74, 6) is 1.84. The van der Waals surface area contributed by atoms with Gasteiger partial charge in [-0.2, -0.15) is 0 Å². The van der Waals surface area contributed by atoms with Gasteiger partial charge in [-0.3, -0.25) is 19.2 Å². The van der Waals surface area contributed by atoms with Crippen molar-refractivity contribution in [2.45, 2.75) is 41.5 Å². The molecule has 0 fully saturated rings. The van der Waals surface area contributed by atoms with Crippen LogP contribution in [0.15, 0.2) is 54.6 Å². The number of terminal acetylenes is 1. The Morgan fingerprint density at radius 2 is 1.07 bits per heavy atom. The number of ether oxygens (including phenoxy) is 1. The molecule has 218 valence electrons. The fraction of sp³-hybridized carbons (Fsp3) is 0.290. The first kappa shape index (κ1) is 31.3. The quantitative estimate of drug-likeness (QED) is 0.279. The Labute approximate surface area is 244 Å². The lowest BCUT2D eigenvalue weighted by molar-refractivity contribution is -0.123. The van der Waals surface area contributed by atoms with Crippen LogP contribution in [0.2, 0.25) is 0 Å².